The summed E-state index contributed by atoms with van der Waals surface area (Å²) in [6.45, 7) is 1.81. The zero-order chi connectivity index (χ0) is 17.0. The number of halogens is 3. The second-order valence-electron chi connectivity index (χ2n) is 4.94. The molecule has 1 aromatic carbocycles. The van der Waals surface area contributed by atoms with Crippen molar-refractivity contribution in [3.63, 3.8) is 0 Å². The minimum Gasteiger partial charge on any atom is -0.324 e. The molecule has 5 nitrogen and oxygen atoms in total. The predicted molar refractivity (Wildman–Crippen MR) is 77.2 cm³/mol. The Labute approximate surface area is 130 Å². The Morgan fingerprint density at radius 2 is 1.91 bits per heavy atom. The van der Waals surface area contributed by atoms with E-state index in [2.05, 4.69) is 22.6 Å². The maximum atomic E-state index is 12.4. The van der Waals surface area contributed by atoms with E-state index in [9.17, 15) is 22.8 Å². The van der Waals surface area contributed by atoms with Gasteiger partial charge in [-0.25, -0.2) is 4.79 Å². The fourth-order valence-electron chi connectivity index (χ4n) is 1.95. The lowest BCUT2D eigenvalue weighted by Gasteiger charge is -2.22. The Bertz CT molecular complexity index is 659. The molecule has 1 atom stereocenters. The number of hydrogen-bond acceptors (Lipinski definition) is 2. The summed E-state index contributed by atoms with van der Waals surface area (Å²) in [6.07, 6.45) is -3.94. The summed E-state index contributed by atoms with van der Waals surface area (Å²) in [5.74, 6) is 2.57. The highest BCUT2D eigenvalue weighted by Gasteiger charge is 2.30. The van der Waals surface area contributed by atoms with Crippen LogP contribution in [0, 0.1) is 12.0 Å². The smallest absolute Gasteiger partial charge is 0.324 e. The van der Waals surface area contributed by atoms with E-state index in [1.165, 1.54) is 24.0 Å². The van der Waals surface area contributed by atoms with E-state index in [1.807, 2.05) is 0 Å². The van der Waals surface area contributed by atoms with Gasteiger partial charge in [-0.2, -0.15) is 13.2 Å². The highest BCUT2D eigenvalue weighted by Crippen LogP contribution is 2.29. The molecule has 1 unspecified atom stereocenters. The Hall–Kier alpha value is -2.69. The number of alkyl halides is 3. The highest BCUT2D eigenvalue weighted by atomic mass is 19.4. The molecule has 2 rings (SSSR count). The van der Waals surface area contributed by atoms with Crippen molar-refractivity contribution in [2.24, 2.45) is 0 Å². The summed E-state index contributed by atoms with van der Waals surface area (Å²) in [7, 11) is 0. The summed E-state index contributed by atoms with van der Waals surface area (Å²) < 4.78 is 37.3. The number of anilines is 1. The van der Waals surface area contributed by atoms with Crippen molar-refractivity contribution in [2.75, 3.05) is 11.9 Å². The lowest BCUT2D eigenvalue weighted by atomic mass is 10.1. The van der Waals surface area contributed by atoms with E-state index in [0.717, 1.165) is 12.1 Å². The molecule has 0 bridgehead atoms. The SMILES string of the molecule is CC(=O)N1C#CC(NC(=O)Nc2ccc(C(F)(F)F)cc2)CC1. The van der Waals surface area contributed by atoms with Crippen LogP contribution in [0.25, 0.3) is 0 Å². The van der Waals surface area contributed by atoms with Gasteiger partial charge < -0.3 is 10.6 Å². The van der Waals surface area contributed by atoms with Gasteiger partial charge in [0.2, 0.25) is 5.91 Å². The first kappa shape index (κ1) is 16.7. The number of carbonyl (C=O) groups excluding carboxylic acids is 2. The molecule has 1 heterocycles. The molecule has 8 heteroatoms. The van der Waals surface area contributed by atoms with Crippen LogP contribution in [0.2, 0.25) is 0 Å². The number of nitrogens with one attached hydrogen (secondary N) is 2. The van der Waals surface area contributed by atoms with Crippen molar-refractivity contribution in [1.82, 2.24) is 10.2 Å². The van der Waals surface area contributed by atoms with Crippen LogP contribution < -0.4 is 10.6 Å². The van der Waals surface area contributed by atoms with Gasteiger partial charge >= 0.3 is 12.2 Å². The lowest BCUT2D eigenvalue weighted by molar-refractivity contribution is -0.137. The summed E-state index contributed by atoms with van der Waals surface area (Å²) in [6, 6.07) is 5.77. The van der Waals surface area contributed by atoms with Gasteiger partial charge in [0.05, 0.1) is 11.6 Å². The molecule has 1 aliphatic heterocycles. The highest BCUT2D eigenvalue weighted by molar-refractivity contribution is 5.89. The third-order valence-electron chi connectivity index (χ3n) is 3.17. The number of benzene rings is 1. The van der Waals surface area contributed by atoms with Crippen molar-refractivity contribution < 1.29 is 22.8 Å². The average molecular weight is 325 g/mol. The zero-order valence-electron chi connectivity index (χ0n) is 12.2. The standard InChI is InChI=1S/C15H14F3N3O2/c1-10(22)21-8-6-13(7-9-21)20-14(23)19-12-4-2-11(3-5-12)15(16,17)18/h2-5,13H,6,8H2,1H3,(H2,19,20,23). The van der Waals surface area contributed by atoms with Crippen LogP contribution in [0.5, 0.6) is 0 Å². The maximum Gasteiger partial charge on any atom is 0.416 e. The monoisotopic (exact) mass is 325 g/mol. The Morgan fingerprint density at radius 1 is 1.26 bits per heavy atom. The third kappa shape index (κ3) is 4.64. The summed E-state index contributed by atoms with van der Waals surface area (Å²) in [4.78, 5) is 24.2. The van der Waals surface area contributed by atoms with Crippen LogP contribution in [-0.4, -0.2) is 29.4 Å². The first-order valence-electron chi connectivity index (χ1n) is 6.80. The minimum atomic E-state index is -4.42. The molecule has 0 aliphatic carbocycles. The number of urea groups is 1. The van der Waals surface area contributed by atoms with Crippen molar-refractivity contribution in [2.45, 2.75) is 25.6 Å². The van der Waals surface area contributed by atoms with E-state index < -0.39 is 23.8 Å². The van der Waals surface area contributed by atoms with E-state index in [-0.39, 0.29) is 11.6 Å². The van der Waals surface area contributed by atoms with Gasteiger partial charge in [0.1, 0.15) is 0 Å². The molecule has 0 spiro atoms. The number of nitrogens with zero attached hydrogens (tertiary/aromatic N) is 1. The van der Waals surface area contributed by atoms with E-state index >= 15 is 0 Å². The normalized spacial score (nSPS) is 17.0. The van der Waals surface area contributed by atoms with Gasteiger partial charge in [-0.15, -0.1) is 0 Å². The molecule has 0 fully saturated rings. The summed E-state index contributed by atoms with van der Waals surface area (Å²) in [5, 5.41) is 5.02. The summed E-state index contributed by atoms with van der Waals surface area (Å²) in [5.41, 5.74) is -0.546. The van der Waals surface area contributed by atoms with Gasteiger partial charge in [0.15, 0.2) is 0 Å². The molecular formula is C15H14F3N3O2. The second-order valence-corrected chi connectivity index (χ2v) is 4.94. The fourth-order valence-corrected chi connectivity index (χ4v) is 1.95. The summed E-state index contributed by atoms with van der Waals surface area (Å²) >= 11 is 0. The Morgan fingerprint density at radius 3 is 2.39 bits per heavy atom. The van der Waals surface area contributed by atoms with Gasteiger partial charge in [-0.1, -0.05) is 5.92 Å². The van der Waals surface area contributed by atoms with Crippen LogP contribution in [-0.2, 0) is 11.0 Å². The number of carbonyl (C=O) groups is 2. The van der Waals surface area contributed by atoms with Crippen molar-refractivity contribution >= 4 is 17.6 Å². The van der Waals surface area contributed by atoms with E-state index in [4.69, 9.17) is 0 Å². The van der Waals surface area contributed by atoms with Crippen LogP contribution in [0.3, 0.4) is 0 Å². The van der Waals surface area contributed by atoms with Crippen LogP contribution in [0.4, 0.5) is 23.7 Å². The number of amides is 3. The van der Waals surface area contributed by atoms with Gasteiger partial charge in [-0.3, -0.25) is 9.69 Å². The molecule has 0 radical (unpaired) electrons. The Kier molecular flexibility index (Phi) is 4.79. The zero-order valence-corrected chi connectivity index (χ0v) is 12.2. The van der Waals surface area contributed by atoms with E-state index in [0.29, 0.717) is 13.0 Å². The van der Waals surface area contributed by atoms with Crippen LogP contribution in [0.1, 0.15) is 18.9 Å². The minimum absolute atomic E-state index is 0.162. The van der Waals surface area contributed by atoms with Gasteiger partial charge in [0, 0.05) is 25.2 Å². The molecule has 0 aromatic heterocycles. The average Bonchev–Trinajstić information content (AvgIpc) is 2.47. The molecule has 2 N–H and O–H groups in total. The van der Waals surface area contributed by atoms with Crippen LogP contribution in [0.15, 0.2) is 24.3 Å². The van der Waals surface area contributed by atoms with Crippen molar-refractivity contribution in [3.05, 3.63) is 29.8 Å². The molecule has 122 valence electrons. The molecule has 0 saturated carbocycles. The number of rotatable bonds is 2. The van der Waals surface area contributed by atoms with Crippen molar-refractivity contribution in [3.8, 4) is 12.0 Å². The largest absolute Gasteiger partial charge is 0.416 e. The quantitative estimate of drug-likeness (QED) is 0.820. The fraction of sp³-hybridized carbons (Fsp3) is 0.333. The topological polar surface area (TPSA) is 61.4 Å². The lowest BCUT2D eigenvalue weighted by Crippen LogP contribution is -2.42. The van der Waals surface area contributed by atoms with Crippen LogP contribution >= 0.6 is 0 Å². The van der Waals surface area contributed by atoms with Gasteiger partial charge in [0.25, 0.3) is 0 Å². The third-order valence-corrected chi connectivity index (χ3v) is 3.17. The molecule has 3 amide bonds. The predicted octanol–water partition coefficient (Wildman–Crippen LogP) is 2.41. The maximum absolute atomic E-state index is 12.4. The second kappa shape index (κ2) is 6.60. The van der Waals surface area contributed by atoms with Gasteiger partial charge in [-0.05, 0) is 30.7 Å². The first-order valence-corrected chi connectivity index (χ1v) is 6.80. The first-order chi connectivity index (χ1) is 10.8. The Balaban J connectivity index is 1.90. The van der Waals surface area contributed by atoms with Crippen molar-refractivity contribution in [1.29, 1.82) is 0 Å². The van der Waals surface area contributed by atoms with E-state index in [1.54, 1.807) is 0 Å². The molecule has 0 saturated heterocycles. The molecule has 1 aromatic rings. The number of hydrogen-bond donors (Lipinski definition) is 2. The molecular weight excluding hydrogens is 311 g/mol. The molecule has 1 aliphatic rings. The molecule has 23 heavy (non-hydrogen) atoms.